The van der Waals surface area contributed by atoms with Crippen molar-refractivity contribution in [3.8, 4) is 11.5 Å². The molecule has 0 unspecified atom stereocenters. The van der Waals surface area contributed by atoms with E-state index in [0.29, 0.717) is 28.8 Å². The van der Waals surface area contributed by atoms with E-state index < -0.39 is 5.97 Å². The Bertz CT molecular complexity index is 903. The molecule has 132 valence electrons. The fraction of sp³-hybridized carbons (Fsp3) is 0.150. The Morgan fingerprint density at radius 3 is 2.62 bits per heavy atom. The third kappa shape index (κ3) is 4.21. The Labute approximate surface area is 155 Å². The zero-order valence-electron chi connectivity index (χ0n) is 14.4. The number of nitrogens with zero attached hydrogens (tertiary/aromatic N) is 1. The van der Waals surface area contributed by atoms with Crippen LogP contribution in [0.5, 0.6) is 11.5 Å². The maximum absolute atomic E-state index is 12.3. The molecule has 0 spiro atoms. The van der Waals surface area contributed by atoms with Gasteiger partial charge in [-0.2, -0.15) is 0 Å². The van der Waals surface area contributed by atoms with Crippen LogP contribution in [0.15, 0.2) is 59.2 Å². The Hall–Kier alpha value is -2.86. The average molecular weight is 367 g/mol. The Morgan fingerprint density at radius 1 is 1.15 bits per heavy atom. The van der Waals surface area contributed by atoms with Crippen LogP contribution < -0.4 is 9.47 Å². The zero-order valence-corrected chi connectivity index (χ0v) is 15.2. The van der Waals surface area contributed by atoms with Crippen LogP contribution in [0.4, 0.5) is 0 Å². The topological polar surface area (TPSA) is 65.0 Å². The van der Waals surface area contributed by atoms with Crippen LogP contribution in [-0.4, -0.2) is 22.7 Å². The smallest absolute Gasteiger partial charge is 0.308 e. The van der Waals surface area contributed by atoms with Gasteiger partial charge in [0, 0.05) is 12.5 Å². The standard InChI is InChI=1S/C20H17NO4S/c1-3-24-18-12-14(9-10-17(18)25-13(2)22)11-16-20(23)26-19(21-16)15-7-5-4-6-8-15/h4-12H,3H2,1-2H3. The van der Waals surface area contributed by atoms with Gasteiger partial charge < -0.3 is 9.47 Å². The summed E-state index contributed by atoms with van der Waals surface area (Å²) < 4.78 is 10.7. The summed E-state index contributed by atoms with van der Waals surface area (Å²) in [6.45, 7) is 3.61. The minimum atomic E-state index is -0.420. The van der Waals surface area contributed by atoms with Crippen molar-refractivity contribution in [3.63, 3.8) is 0 Å². The predicted molar refractivity (Wildman–Crippen MR) is 102 cm³/mol. The lowest BCUT2D eigenvalue weighted by molar-refractivity contribution is -0.132. The van der Waals surface area contributed by atoms with Crippen LogP contribution in [0.1, 0.15) is 25.0 Å². The van der Waals surface area contributed by atoms with E-state index in [1.807, 2.05) is 37.3 Å². The van der Waals surface area contributed by atoms with Crippen LogP contribution in [0.25, 0.3) is 6.08 Å². The molecule has 1 heterocycles. The van der Waals surface area contributed by atoms with Gasteiger partial charge in [0.25, 0.3) is 0 Å². The number of benzene rings is 2. The first kappa shape index (κ1) is 17.9. The molecule has 0 aliphatic carbocycles. The molecule has 3 rings (SSSR count). The number of hydrogen-bond donors (Lipinski definition) is 0. The monoisotopic (exact) mass is 367 g/mol. The van der Waals surface area contributed by atoms with Gasteiger partial charge in [-0.15, -0.1) is 0 Å². The maximum atomic E-state index is 12.3. The van der Waals surface area contributed by atoms with Crippen LogP contribution in [-0.2, 0) is 9.59 Å². The van der Waals surface area contributed by atoms with Gasteiger partial charge in [0.1, 0.15) is 10.7 Å². The molecule has 0 N–H and O–H groups in total. The Balaban J connectivity index is 1.91. The van der Waals surface area contributed by atoms with E-state index in [0.717, 1.165) is 22.9 Å². The second-order valence-electron chi connectivity index (χ2n) is 5.43. The summed E-state index contributed by atoms with van der Waals surface area (Å²) in [7, 11) is 0. The number of thioether (sulfide) groups is 1. The van der Waals surface area contributed by atoms with Gasteiger partial charge in [0.2, 0.25) is 5.12 Å². The number of ether oxygens (including phenoxy) is 2. The summed E-state index contributed by atoms with van der Waals surface area (Å²) in [5.41, 5.74) is 2.03. The van der Waals surface area contributed by atoms with Crippen molar-refractivity contribution in [1.82, 2.24) is 0 Å². The SMILES string of the molecule is CCOc1cc(C=C2N=C(c3ccccc3)SC2=O)ccc1OC(C)=O. The molecule has 0 fully saturated rings. The van der Waals surface area contributed by atoms with Crippen molar-refractivity contribution >= 4 is 34.0 Å². The summed E-state index contributed by atoms with van der Waals surface area (Å²) in [6, 6.07) is 14.7. The van der Waals surface area contributed by atoms with Crippen LogP contribution >= 0.6 is 11.8 Å². The average Bonchev–Trinajstić information content (AvgIpc) is 2.98. The first-order valence-corrected chi connectivity index (χ1v) is 8.91. The summed E-state index contributed by atoms with van der Waals surface area (Å²) in [6.07, 6.45) is 1.70. The van der Waals surface area contributed by atoms with Crippen LogP contribution in [0.2, 0.25) is 0 Å². The van der Waals surface area contributed by atoms with E-state index in [9.17, 15) is 9.59 Å². The first-order valence-electron chi connectivity index (χ1n) is 8.10. The molecule has 6 heteroatoms. The molecule has 0 atom stereocenters. The van der Waals surface area contributed by atoms with Crippen LogP contribution in [0, 0.1) is 0 Å². The summed E-state index contributed by atoms with van der Waals surface area (Å²) in [5.74, 6) is 0.376. The number of esters is 1. The minimum absolute atomic E-state index is 0.106. The van der Waals surface area contributed by atoms with Crippen molar-refractivity contribution < 1.29 is 19.1 Å². The highest BCUT2D eigenvalue weighted by Gasteiger charge is 2.23. The quantitative estimate of drug-likeness (QED) is 0.453. The van der Waals surface area contributed by atoms with Gasteiger partial charge in [-0.05, 0) is 42.5 Å². The van der Waals surface area contributed by atoms with Gasteiger partial charge in [-0.3, -0.25) is 9.59 Å². The molecule has 26 heavy (non-hydrogen) atoms. The Kier molecular flexibility index (Phi) is 5.53. The lowest BCUT2D eigenvalue weighted by atomic mass is 10.1. The molecule has 0 bridgehead atoms. The third-order valence-electron chi connectivity index (χ3n) is 3.47. The highest BCUT2D eigenvalue weighted by Crippen LogP contribution is 2.32. The summed E-state index contributed by atoms with van der Waals surface area (Å²) in [5, 5.41) is 0.578. The molecule has 0 radical (unpaired) electrons. The molecule has 2 aromatic carbocycles. The number of rotatable bonds is 5. The molecule has 0 saturated carbocycles. The largest absolute Gasteiger partial charge is 0.490 e. The fourth-order valence-corrected chi connectivity index (χ4v) is 3.18. The number of hydrogen-bond acceptors (Lipinski definition) is 6. The molecule has 2 aromatic rings. The second-order valence-corrected chi connectivity index (χ2v) is 6.40. The van der Waals surface area contributed by atoms with E-state index >= 15 is 0 Å². The van der Waals surface area contributed by atoms with Gasteiger partial charge in [-0.1, -0.05) is 36.4 Å². The number of carbonyl (C=O) groups excluding carboxylic acids is 2. The van der Waals surface area contributed by atoms with E-state index in [2.05, 4.69) is 4.99 Å². The van der Waals surface area contributed by atoms with Crippen molar-refractivity contribution in [3.05, 3.63) is 65.4 Å². The highest BCUT2D eigenvalue weighted by molar-refractivity contribution is 8.27. The van der Waals surface area contributed by atoms with Crippen molar-refractivity contribution in [2.75, 3.05) is 6.61 Å². The van der Waals surface area contributed by atoms with Crippen molar-refractivity contribution in [1.29, 1.82) is 0 Å². The van der Waals surface area contributed by atoms with E-state index in [1.54, 1.807) is 24.3 Å². The highest BCUT2D eigenvalue weighted by atomic mass is 32.2. The lowest BCUT2D eigenvalue weighted by Gasteiger charge is -2.10. The van der Waals surface area contributed by atoms with Gasteiger partial charge in [0.15, 0.2) is 11.5 Å². The van der Waals surface area contributed by atoms with Crippen LogP contribution in [0.3, 0.4) is 0 Å². The second kappa shape index (κ2) is 8.01. The summed E-state index contributed by atoms with van der Waals surface area (Å²) >= 11 is 1.11. The minimum Gasteiger partial charge on any atom is -0.490 e. The molecule has 5 nitrogen and oxygen atoms in total. The number of carbonyl (C=O) groups is 2. The van der Waals surface area contributed by atoms with Crippen molar-refractivity contribution in [2.24, 2.45) is 4.99 Å². The molecule has 1 aliphatic rings. The zero-order chi connectivity index (χ0) is 18.5. The molecule has 0 saturated heterocycles. The van der Waals surface area contributed by atoms with Gasteiger partial charge >= 0.3 is 5.97 Å². The van der Waals surface area contributed by atoms with Crippen molar-refractivity contribution in [2.45, 2.75) is 13.8 Å². The fourth-order valence-electron chi connectivity index (χ4n) is 2.39. The normalized spacial score (nSPS) is 15.1. The maximum Gasteiger partial charge on any atom is 0.308 e. The molecule has 0 aromatic heterocycles. The lowest BCUT2D eigenvalue weighted by Crippen LogP contribution is -2.04. The summed E-state index contributed by atoms with van der Waals surface area (Å²) in [4.78, 5) is 27.9. The van der Waals surface area contributed by atoms with Gasteiger partial charge in [-0.25, -0.2) is 4.99 Å². The van der Waals surface area contributed by atoms with Gasteiger partial charge in [0.05, 0.1) is 6.61 Å². The Morgan fingerprint density at radius 2 is 1.92 bits per heavy atom. The van der Waals surface area contributed by atoms with E-state index in [-0.39, 0.29) is 5.12 Å². The molecule has 0 amide bonds. The molecular formula is C20H17NO4S. The molecule has 1 aliphatic heterocycles. The first-order chi connectivity index (χ1) is 12.6. The molecular weight excluding hydrogens is 350 g/mol. The van der Waals surface area contributed by atoms with E-state index in [1.165, 1.54) is 6.92 Å². The number of aliphatic imine (C=N–C) groups is 1. The predicted octanol–water partition coefficient (Wildman–Crippen LogP) is 4.07. The van der Waals surface area contributed by atoms with E-state index in [4.69, 9.17) is 9.47 Å². The third-order valence-corrected chi connectivity index (χ3v) is 4.38.